The largest absolute Gasteiger partial charge is 0.411 e. The van der Waals surface area contributed by atoms with Gasteiger partial charge in [0.1, 0.15) is 0 Å². The Morgan fingerprint density at radius 3 is 2.60 bits per heavy atom. The van der Waals surface area contributed by atoms with Crippen LogP contribution in [0.25, 0.3) is 0 Å². The van der Waals surface area contributed by atoms with E-state index in [9.17, 15) is 0 Å². The van der Waals surface area contributed by atoms with Crippen molar-refractivity contribution in [3.8, 4) is 0 Å². The summed E-state index contributed by atoms with van der Waals surface area (Å²) in [5, 5.41) is 11.9. The Morgan fingerprint density at radius 2 is 2.10 bits per heavy atom. The molecule has 2 unspecified atom stereocenters. The van der Waals surface area contributed by atoms with Crippen molar-refractivity contribution < 1.29 is 5.21 Å². The molecule has 1 fully saturated rings. The first-order chi connectivity index (χ1) is 4.74. The molecule has 0 aromatic rings. The highest BCUT2D eigenvalue weighted by Gasteiger charge is 2.20. The zero-order valence-corrected chi connectivity index (χ0v) is 6.67. The van der Waals surface area contributed by atoms with Gasteiger partial charge < -0.3 is 5.21 Å². The van der Waals surface area contributed by atoms with Gasteiger partial charge in [-0.05, 0) is 31.1 Å². The summed E-state index contributed by atoms with van der Waals surface area (Å²) in [6, 6.07) is 0. The van der Waals surface area contributed by atoms with Crippen LogP contribution in [0.5, 0.6) is 0 Å². The third-order valence-corrected chi connectivity index (χ3v) is 2.35. The van der Waals surface area contributed by atoms with E-state index >= 15 is 0 Å². The smallest absolute Gasteiger partial charge is 0.0601 e. The van der Waals surface area contributed by atoms with Crippen LogP contribution in [-0.4, -0.2) is 10.9 Å². The molecule has 10 heavy (non-hydrogen) atoms. The topological polar surface area (TPSA) is 32.6 Å². The normalized spacial score (nSPS) is 38.4. The Labute approximate surface area is 61.9 Å². The second-order valence-electron chi connectivity index (χ2n) is 3.38. The van der Waals surface area contributed by atoms with E-state index in [0.29, 0.717) is 11.8 Å². The van der Waals surface area contributed by atoms with Gasteiger partial charge in [0.15, 0.2) is 0 Å². The molecule has 0 amide bonds. The highest BCUT2D eigenvalue weighted by atomic mass is 16.4. The first-order valence-corrected chi connectivity index (χ1v) is 3.95. The standard InChI is InChI=1S/C8H15NO/c1-6-3-4-7(2)8(5-6)9-10/h6-7,10H,3-5H2,1-2H3. The Kier molecular flexibility index (Phi) is 2.30. The fraction of sp³-hybridized carbons (Fsp3) is 0.875. The minimum Gasteiger partial charge on any atom is -0.411 e. The van der Waals surface area contributed by atoms with E-state index in [4.69, 9.17) is 5.21 Å². The van der Waals surface area contributed by atoms with Crippen LogP contribution in [0.3, 0.4) is 0 Å². The summed E-state index contributed by atoms with van der Waals surface area (Å²) in [5.74, 6) is 1.21. The molecule has 0 aromatic carbocycles. The van der Waals surface area contributed by atoms with Crippen LogP contribution in [-0.2, 0) is 0 Å². The SMILES string of the molecule is CC1CCC(C)C(=NO)C1. The maximum atomic E-state index is 8.57. The molecule has 0 aromatic heterocycles. The first kappa shape index (κ1) is 7.58. The fourth-order valence-corrected chi connectivity index (χ4v) is 1.50. The molecule has 0 bridgehead atoms. The maximum Gasteiger partial charge on any atom is 0.0601 e. The van der Waals surface area contributed by atoms with E-state index in [-0.39, 0.29) is 0 Å². The van der Waals surface area contributed by atoms with Gasteiger partial charge in [0.2, 0.25) is 0 Å². The van der Waals surface area contributed by atoms with Crippen molar-refractivity contribution >= 4 is 5.71 Å². The molecule has 0 saturated heterocycles. The van der Waals surface area contributed by atoms with Gasteiger partial charge in [0.25, 0.3) is 0 Å². The van der Waals surface area contributed by atoms with Crippen molar-refractivity contribution in [1.82, 2.24) is 0 Å². The van der Waals surface area contributed by atoms with E-state index in [2.05, 4.69) is 19.0 Å². The molecule has 58 valence electrons. The number of hydrogen-bond donors (Lipinski definition) is 1. The van der Waals surface area contributed by atoms with Crippen molar-refractivity contribution in [3.63, 3.8) is 0 Å². The highest BCUT2D eigenvalue weighted by molar-refractivity contribution is 5.86. The lowest BCUT2D eigenvalue weighted by molar-refractivity contribution is 0.305. The number of hydrogen-bond acceptors (Lipinski definition) is 2. The predicted octanol–water partition coefficient (Wildman–Crippen LogP) is 2.27. The van der Waals surface area contributed by atoms with E-state index in [0.717, 1.165) is 12.1 Å². The van der Waals surface area contributed by atoms with E-state index < -0.39 is 0 Å². The van der Waals surface area contributed by atoms with Gasteiger partial charge in [0.05, 0.1) is 5.71 Å². The Morgan fingerprint density at radius 1 is 1.40 bits per heavy atom. The average molecular weight is 141 g/mol. The maximum absolute atomic E-state index is 8.57. The summed E-state index contributed by atoms with van der Waals surface area (Å²) in [5.41, 5.74) is 0.985. The van der Waals surface area contributed by atoms with E-state index in [1.54, 1.807) is 0 Å². The molecular formula is C8H15NO. The summed E-state index contributed by atoms with van der Waals surface area (Å²) < 4.78 is 0. The zero-order chi connectivity index (χ0) is 7.56. The van der Waals surface area contributed by atoms with Crippen LogP contribution < -0.4 is 0 Å². The number of nitrogens with zero attached hydrogens (tertiary/aromatic N) is 1. The zero-order valence-electron chi connectivity index (χ0n) is 6.67. The monoisotopic (exact) mass is 141 g/mol. The molecule has 0 heterocycles. The van der Waals surface area contributed by atoms with Crippen molar-refractivity contribution in [3.05, 3.63) is 0 Å². The predicted molar refractivity (Wildman–Crippen MR) is 41.4 cm³/mol. The molecule has 2 nitrogen and oxygen atoms in total. The minimum atomic E-state index is 0.501. The molecule has 1 aliphatic carbocycles. The van der Waals surface area contributed by atoms with Crippen molar-refractivity contribution in [2.75, 3.05) is 0 Å². The highest BCUT2D eigenvalue weighted by Crippen LogP contribution is 2.25. The Bertz CT molecular complexity index is 142. The second kappa shape index (κ2) is 3.04. The average Bonchev–Trinajstić information content (AvgIpc) is 1.94. The van der Waals surface area contributed by atoms with Gasteiger partial charge in [-0.1, -0.05) is 19.0 Å². The molecule has 0 radical (unpaired) electrons. The Hall–Kier alpha value is -0.530. The molecule has 0 spiro atoms. The quantitative estimate of drug-likeness (QED) is 0.407. The Balaban J connectivity index is 2.54. The summed E-state index contributed by atoms with van der Waals surface area (Å²) in [6.45, 7) is 4.33. The van der Waals surface area contributed by atoms with Crippen LogP contribution in [0.1, 0.15) is 33.1 Å². The van der Waals surface area contributed by atoms with E-state index in [1.807, 2.05) is 0 Å². The van der Waals surface area contributed by atoms with Crippen molar-refractivity contribution in [2.24, 2.45) is 17.0 Å². The van der Waals surface area contributed by atoms with Crippen molar-refractivity contribution in [2.45, 2.75) is 33.1 Å². The molecule has 2 atom stereocenters. The molecular weight excluding hydrogens is 126 g/mol. The first-order valence-electron chi connectivity index (χ1n) is 3.95. The summed E-state index contributed by atoms with van der Waals surface area (Å²) in [7, 11) is 0. The molecule has 1 N–H and O–H groups in total. The third-order valence-electron chi connectivity index (χ3n) is 2.35. The molecule has 0 aliphatic heterocycles. The lowest BCUT2D eigenvalue weighted by atomic mass is 9.82. The van der Waals surface area contributed by atoms with Gasteiger partial charge in [-0.25, -0.2) is 0 Å². The second-order valence-corrected chi connectivity index (χ2v) is 3.38. The van der Waals surface area contributed by atoms with Gasteiger partial charge in [-0.3, -0.25) is 0 Å². The molecule has 1 aliphatic rings. The summed E-state index contributed by atoms with van der Waals surface area (Å²) >= 11 is 0. The molecule has 1 saturated carbocycles. The fourth-order valence-electron chi connectivity index (χ4n) is 1.50. The molecule has 1 rings (SSSR count). The lowest BCUT2D eigenvalue weighted by Gasteiger charge is -2.23. The minimum absolute atomic E-state index is 0.501. The lowest BCUT2D eigenvalue weighted by Crippen LogP contribution is -2.21. The number of oxime groups is 1. The van der Waals surface area contributed by atoms with Crippen LogP contribution in [0.4, 0.5) is 0 Å². The van der Waals surface area contributed by atoms with Gasteiger partial charge in [-0.2, -0.15) is 0 Å². The van der Waals surface area contributed by atoms with Crippen LogP contribution in [0.15, 0.2) is 5.16 Å². The van der Waals surface area contributed by atoms with Crippen LogP contribution >= 0.6 is 0 Å². The third kappa shape index (κ3) is 1.49. The number of rotatable bonds is 0. The van der Waals surface area contributed by atoms with Crippen LogP contribution in [0.2, 0.25) is 0 Å². The van der Waals surface area contributed by atoms with Crippen molar-refractivity contribution in [1.29, 1.82) is 0 Å². The molecule has 2 heteroatoms. The van der Waals surface area contributed by atoms with Crippen LogP contribution in [0, 0.1) is 11.8 Å². The van der Waals surface area contributed by atoms with Gasteiger partial charge in [0, 0.05) is 0 Å². The van der Waals surface area contributed by atoms with Gasteiger partial charge >= 0.3 is 0 Å². The summed E-state index contributed by atoms with van der Waals surface area (Å²) in [4.78, 5) is 0. The van der Waals surface area contributed by atoms with E-state index in [1.165, 1.54) is 12.8 Å². The van der Waals surface area contributed by atoms with Gasteiger partial charge in [-0.15, -0.1) is 0 Å². The summed E-state index contributed by atoms with van der Waals surface area (Å²) in [6.07, 6.45) is 3.44.